The summed E-state index contributed by atoms with van der Waals surface area (Å²) >= 11 is 0. The highest BCUT2D eigenvalue weighted by Crippen LogP contribution is 2.45. The van der Waals surface area contributed by atoms with Crippen LogP contribution in [0.5, 0.6) is 0 Å². The molecule has 0 saturated heterocycles. The Hall–Kier alpha value is -2.46. The molecule has 0 aliphatic rings. The van der Waals surface area contributed by atoms with Gasteiger partial charge in [-0.3, -0.25) is 37.3 Å². The van der Waals surface area contributed by atoms with Crippen molar-refractivity contribution in [3.05, 3.63) is 24.3 Å². The molecule has 0 aliphatic heterocycles. The first-order chi connectivity index (χ1) is 45.3. The molecule has 0 saturated carbocycles. The quantitative estimate of drug-likeness (QED) is 0.0169. The molecule has 6 atom stereocenters. The van der Waals surface area contributed by atoms with Gasteiger partial charge in [0.1, 0.15) is 19.3 Å². The van der Waals surface area contributed by atoms with Crippen molar-refractivity contribution in [1.29, 1.82) is 0 Å². The Morgan fingerprint density at radius 2 is 0.628 bits per heavy atom. The summed E-state index contributed by atoms with van der Waals surface area (Å²) in [6.07, 6.45) is 53.7. The Morgan fingerprint density at radius 1 is 0.351 bits per heavy atom. The van der Waals surface area contributed by atoms with Gasteiger partial charge < -0.3 is 33.8 Å². The molecule has 19 heteroatoms. The lowest BCUT2D eigenvalue weighted by atomic mass is 9.99. The minimum absolute atomic E-state index is 0.0848. The summed E-state index contributed by atoms with van der Waals surface area (Å²) in [5, 5.41) is 10.6. The third-order valence-corrected chi connectivity index (χ3v) is 19.0. The van der Waals surface area contributed by atoms with Crippen molar-refractivity contribution in [3.8, 4) is 0 Å². The third-order valence-electron chi connectivity index (χ3n) is 17.1. The molecule has 3 unspecified atom stereocenters. The number of allylic oxidation sites excluding steroid dienone is 4. The zero-order valence-electron chi connectivity index (χ0n) is 60.9. The Kier molecular flexibility index (Phi) is 63.5. The molecule has 0 spiro atoms. The van der Waals surface area contributed by atoms with Gasteiger partial charge in [0.2, 0.25) is 0 Å². The average Bonchev–Trinajstić information content (AvgIpc) is 1.08. The minimum Gasteiger partial charge on any atom is -0.462 e. The van der Waals surface area contributed by atoms with Crippen LogP contribution < -0.4 is 0 Å². The lowest BCUT2D eigenvalue weighted by Crippen LogP contribution is -2.30. The fourth-order valence-electron chi connectivity index (χ4n) is 10.9. The monoisotopic (exact) mass is 1380 g/mol. The Bertz CT molecular complexity index is 1930. The highest BCUT2D eigenvalue weighted by Gasteiger charge is 2.30. The van der Waals surface area contributed by atoms with Crippen molar-refractivity contribution in [3.63, 3.8) is 0 Å². The van der Waals surface area contributed by atoms with E-state index in [1.54, 1.807) is 0 Å². The van der Waals surface area contributed by atoms with Crippen LogP contribution in [-0.2, 0) is 65.4 Å². The summed E-state index contributed by atoms with van der Waals surface area (Å²) in [6.45, 7) is 11.8. The predicted octanol–water partition coefficient (Wildman–Crippen LogP) is 21.3. The summed E-state index contributed by atoms with van der Waals surface area (Å²) < 4.78 is 68.4. The number of unbranched alkanes of at least 4 members (excludes halogenated alkanes) is 35. The summed E-state index contributed by atoms with van der Waals surface area (Å²) in [6, 6.07) is 0. The van der Waals surface area contributed by atoms with E-state index in [0.29, 0.717) is 31.6 Å². The molecule has 554 valence electrons. The normalized spacial score (nSPS) is 14.6. The van der Waals surface area contributed by atoms with Gasteiger partial charge >= 0.3 is 39.5 Å². The highest BCUT2D eigenvalue weighted by atomic mass is 31.2. The van der Waals surface area contributed by atoms with E-state index < -0.39 is 97.5 Å². The standard InChI is InChI=1S/C75H142O17P2/c1-8-10-11-12-13-14-15-16-17-22-25-30-35-44-51-58-74(79)91-70(62-85-72(77)56-49-42-34-29-24-21-19-18-20-23-28-33-41-48-55-68(7)9-2)64-89-93(81,82)87-60-69(76)61-88-94(83,84)90-65-71(63-86-73(78)57-50-43-38-37-40-47-54-67(5)6)92-75(80)59-52-45-36-31-26-27-32-39-46-53-66(3)4/h14-17,66-71,76H,8-13,18-65H2,1-7H3,(H,81,82)(H,83,84)/b15-14-,17-16-/t68?,69-,70-,71-/m1/s1. The summed E-state index contributed by atoms with van der Waals surface area (Å²) in [5.41, 5.74) is 0. The van der Waals surface area contributed by atoms with Crippen molar-refractivity contribution in [2.75, 3.05) is 39.6 Å². The van der Waals surface area contributed by atoms with Crippen molar-refractivity contribution >= 4 is 39.5 Å². The number of hydrogen-bond acceptors (Lipinski definition) is 15. The van der Waals surface area contributed by atoms with Gasteiger partial charge in [-0.2, -0.15) is 0 Å². The van der Waals surface area contributed by atoms with Gasteiger partial charge in [-0.1, -0.05) is 304 Å². The molecule has 0 aromatic heterocycles. The number of esters is 4. The van der Waals surface area contributed by atoms with Crippen molar-refractivity contribution < 1.29 is 80.2 Å². The molecule has 0 bridgehead atoms. The van der Waals surface area contributed by atoms with E-state index in [2.05, 4.69) is 72.8 Å². The first kappa shape index (κ1) is 91.5. The van der Waals surface area contributed by atoms with E-state index >= 15 is 0 Å². The smallest absolute Gasteiger partial charge is 0.462 e. The third kappa shape index (κ3) is 66.8. The maximum atomic E-state index is 13.1. The summed E-state index contributed by atoms with van der Waals surface area (Å²) in [4.78, 5) is 72.7. The molecular formula is C75H142O17P2. The summed E-state index contributed by atoms with van der Waals surface area (Å²) in [5.74, 6) is 0.108. The Morgan fingerprint density at radius 3 is 0.947 bits per heavy atom. The number of ether oxygens (including phenoxy) is 4. The van der Waals surface area contributed by atoms with Crippen LogP contribution in [0.3, 0.4) is 0 Å². The molecule has 0 heterocycles. The van der Waals surface area contributed by atoms with Gasteiger partial charge in [0.15, 0.2) is 12.2 Å². The van der Waals surface area contributed by atoms with E-state index in [0.717, 1.165) is 121 Å². The number of rotatable bonds is 71. The molecule has 0 aliphatic carbocycles. The van der Waals surface area contributed by atoms with Crippen molar-refractivity contribution in [2.24, 2.45) is 17.8 Å². The second-order valence-corrected chi connectivity index (χ2v) is 30.5. The Balaban J connectivity index is 5.26. The number of carbonyl (C=O) groups is 4. The SMILES string of the molecule is CCCCCC/C=C\C=C/CCCCCCCC(=O)O[C@H](COC(=O)CCCCCCCCCCCCCCCCC(C)CC)COP(=O)(O)OC[C@@H](O)COP(=O)(O)OC[C@@H](COC(=O)CCCCCCCCC(C)C)OC(=O)CCCCCCCCCCCC(C)C. The lowest BCUT2D eigenvalue weighted by molar-refractivity contribution is -0.161. The summed E-state index contributed by atoms with van der Waals surface area (Å²) in [7, 11) is -9.92. The first-order valence-electron chi connectivity index (χ1n) is 38.2. The molecule has 0 rings (SSSR count). The van der Waals surface area contributed by atoms with Gasteiger partial charge in [0.25, 0.3) is 0 Å². The van der Waals surface area contributed by atoms with Crippen LogP contribution >= 0.6 is 15.6 Å². The van der Waals surface area contributed by atoms with Crippen LogP contribution in [0.4, 0.5) is 0 Å². The second kappa shape index (κ2) is 65.2. The van der Waals surface area contributed by atoms with Crippen molar-refractivity contribution in [2.45, 2.75) is 375 Å². The molecule has 3 N–H and O–H groups in total. The molecular weight excluding hydrogens is 1230 g/mol. The largest absolute Gasteiger partial charge is 0.472 e. The maximum Gasteiger partial charge on any atom is 0.472 e. The molecule has 94 heavy (non-hydrogen) atoms. The topological polar surface area (TPSA) is 237 Å². The average molecular weight is 1380 g/mol. The molecule has 0 fully saturated rings. The van der Waals surface area contributed by atoms with E-state index in [4.69, 9.17) is 37.0 Å². The van der Waals surface area contributed by atoms with Crippen LogP contribution in [0.15, 0.2) is 24.3 Å². The van der Waals surface area contributed by atoms with E-state index in [1.165, 1.54) is 148 Å². The van der Waals surface area contributed by atoms with Gasteiger partial charge in [0, 0.05) is 25.7 Å². The van der Waals surface area contributed by atoms with Crippen LogP contribution in [0.2, 0.25) is 0 Å². The lowest BCUT2D eigenvalue weighted by Gasteiger charge is -2.21. The fourth-order valence-corrected chi connectivity index (χ4v) is 12.4. The molecule has 17 nitrogen and oxygen atoms in total. The predicted molar refractivity (Wildman–Crippen MR) is 381 cm³/mol. The Labute approximate surface area is 573 Å². The van der Waals surface area contributed by atoms with E-state index in [9.17, 15) is 43.2 Å². The zero-order chi connectivity index (χ0) is 69.4. The van der Waals surface area contributed by atoms with Crippen LogP contribution in [0.25, 0.3) is 0 Å². The zero-order valence-corrected chi connectivity index (χ0v) is 62.7. The van der Waals surface area contributed by atoms with E-state index in [1.807, 2.05) is 0 Å². The fraction of sp³-hybridized carbons (Fsp3) is 0.893. The number of hydrogen-bond donors (Lipinski definition) is 3. The number of phosphoric ester groups is 2. The highest BCUT2D eigenvalue weighted by molar-refractivity contribution is 7.47. The number of aliphatic hydroxyl groups is 1. The number of aliphatic hydroxyl groups excluding tert-OH is 1. The molecule has 0 aromatic rings. The number of phosphoric acid groups is 2. The van der Waals surface area contributed by atoms with Gasteiger partial charge in [-0.25, -0.2) is 9.13 Å². The second-order valence-electron chi connectivity index (χ2n) is 27.5. The van der Waals surface area contributed by atoms with Gasteiger partial charge in [0.05, 0.1) is 26.4 Å². The van der Waals surface area contributed by atoms with Crippen LogP contribution in [0, 0.1) is 17.8 Å². The molecule has 0 radical (unpaired) electrons. The first-order valence-corrected chi connectivity index (χ1v) is 41.2. The van der Waals surface area contributed by atoms with Crippen molar-refractivity contribution in [1.82, 2.24) is 0 Å². The van der Waals surface area contributed by atoms with E-state index in [-0.39, 0.29) is 25.7 Å². The van der Waals surface area contributed by atoms with Gasteiger partial charge in [-0.05, 0) is 69.1 Å². The van der Waals surface area contributed by atoms with Gasteiger partial charge in [-0.15, -0.1) is 0 Å². The molecule has 0 aromatic carbocycles. The number of carbonyl (C=O) groups excluding carboxylic acids is 4. The molecule has 0 amide bonds. The van der Waals surface area contributed by atoms with Crippen LogP contribution in [0.1, 0.15) is 357 Å². The minimum atomic E-state index is -4.97. The maximum absolute atomic E-state index is 13.1. The van der Waals surface area contributed by atoms with Crippen LogP contribution in [-0.4, -0.2) is 96.7 Å².